The molecule has 0 aromatic heterocycles. The van der Waals surface area contributed by atoms with Crippen molar-refractivity contribution in [2.24, 2.45) is 0 Å². The Hall–Kier alpha value is -0.740. The molecule has 0 aliphatic carbocycles. The van der Waals surface area contributed by atoms with Crippen molar-refractivity contribution in [2.75, 3.05) is 23.7 Å². The van der Waals surface area contributed by atoms with Crippen LogP contribution in [-0.2, 0) is 6.54 Å². The largest absolute Gasteiger partial charge is 0.365 e. The van der Waals surface area contributed by atoms with E-state index in [1.165, 1.54) is 0 Å². The van der Waals surface area contributed by atoms with Crippen LogP contribution in [0.15, 0.2) is 18.2 Å². The molecule has 1 saturated heterocycles. The normalized spacial score (nSPS) is 23.7. The first-order valence-corrected chi connectivity index (χ1v) is 8.05. The smallest absolute Gasteiger partial charge is 0.146 e. The minimum Gasteiger partial charge on any atom is -0.365 e. The van der Waals surface area contributed by atoms with Gasteiger partial charge < -0.3 is 10.2 Å². The van der Waals surface area contributed by atoms with Crippen molar-refractivity contribution in [3.63, 3.8) is 0 Å². The summed E-state index contributed by atoms with van der Waals surface area (Å²) in [5.41, 5.74) is 1.76. The lowest BCUT2D eigenvalue weighted by molar-refractivity contribution is 0.579. The Balaban J connectivity index is 2.15. The van der Waals surface area contributed by atoms with E-state index >= 15 is 0 Å². The maximum atomic E-state index is 14.3. The number of benzene rings is 1. The Morgan fingerprint density at radius 3 is 2.89 bits per heavy atom. The number of anilines is 1. The van der Waals surface area contributed by atoms with E-state index in [1.807, 2.05) is 23.9 Å². The molecule has 0 spiro atoms. The van der Waals surface area contributed by atoms with E-state index < -0.39 is 0 Å². The van der Waals surface area contributed by atoms with Gasteiger partial charge in [-0.1, -0.05) is 19.9 Å². The average molecular weight is 282 g/mol. The molecule has 106 valence electrons. The quantitative estimate of drug-likeness (QED) is 0.912. The SMILES string of the molecule is CCNCc1ccc(N2CCSC(C)C2C)c(F)c1. The molecule has 0 saturated carbocycles. The Labute approximate surface area is 119 Å². The number of halogens is 1. The third-order valence-corrected chi connectivity index (χ3v) is 5.12. The molecule has 19 heavy (non-hydrogen) atoms. The number of rotatable bonds is 4. The lowest BCUT2D eigenvalue weighted by atomic mass is 10.1. The summed E-state index contributed by atoms with van der Waals surface area (Å²) in [6.45, 7) is 9.03. The van der Waals surface area contributed by atoms with Crippen molar-refractivity contribution >= 4 is 17.4 Å². The summed E-state index contributed by atoms with van der Waals surface area (Å²) in [5, 5.41) is 3.77. The van der Waals surface area contributed by atoms with Crippen LogP contribution >= 0.6 is 11.8 Å². The highest BCUT2D eigenvalue weighted by Crippen LogP contribution is 2.30. The zero-order valence-electron chi connectivity index (χ0n) is 11.9. The van der Waals surface area contributed by atoms with Gasteiger partial charge in [-0.2, -0.15) is 11.8 Å². The van der Waals surface area contributed by atoms with Crippen LogP contribution in [0.4, 0.5) is 10.1 Å². The highest BCUT2D eigenvalue weighted by Gasteiger charge is 2.26. The molecule has 1 fully saturated rings. The summed E-state index contributed by atoms with van der Waals surface area (Å²) in [5.74, 6) is 0.978. The minimum absolute atomic E-state index is 0.0960. The van der Waals surface area contributed by atoms with Gasteiger partial charge in [-0.3, -0.25) is 0 Å². The lowest BCUT2D eigenvalue weighted by Crippen LogP contribution is -2.45. The number of thioether (sulfide) groups is 1. The van der Waals surface area contributed by atoms with Gasteiger partial charge in [0, 0.05) is 30.1 Å². The summed E-state index contributed by atoms with van der Waals surface area (Å²) in [7, 11) is 0. The van der Waals surface area contributed by atoms with E-state index in [0.717, 1.165) is 36.6 Å². The van der Waals surface area contributed by atoms with Crippen LogP contribution in [0.1, 0.15) is 26.3 Å². The second-order valence-corrected chi connectivity index (χ2v) is 6.56. The Morgan fingerprint density at radius 1 is 1.42 bits per heavy atom. The van der Waals surface area contributed by atoms with Crippen molar-refractivity contribution in [2.45, 2.75) is 38.6 Å². The summed E-state index contributed by atoms with van der Waals surface area (Å²) in [6.07, 6.45) is 0. The number of nitrogens with zero attached hydrogens (tertiary/aromatic N) is 1. The first-order valence-electron chi connectivity index (χ1n) is 7.01. The molecule has 1 aliphatic rings. The molecule has 1 aromatic rings. The predicted molar refractivity (Wildman–Crippen MR) is 82.5 cm³/mol. The van der Waals surface area contributed by atoms with Crippen LogP contribution in [0.25, 0.3) is 0 Å². The topological polar surface area (TPSA) is 15.3 Å². The zero-order valence-corrected chi connectivity index (χ0v) is 12.8. The Morgan fingerprint density at radius 2 is 2.21 bits per heavy atom. The standard InChI is InChI=1S/C15H23FN2S/c1-4-17-10-13-5-6-15(14(16)9-13)18-7-8-19-12(3)11(18)2/h5-6,9,11-12,17H,4,7-8,10H2,1-3H3. The molecular weight excluding hydrogens is 259 g/mol. The molecule has 2 unspecified atom stereocenters. The molecular formula is C15H23FN2S. The van der Waals surface area contributed by atoms with Crippen LogP contribution in [0.5, 0.6) is 0 Å². The van der Waals surface area contributed by atoms with E-state index in [2.05, 4.69) is 31.0 Å². The van der Waals surface area contributed by atoms with E-state index in [4.69, 9.17) is 0 Å². The van der Waals surface area contributed by atoms with Gasteiger partial charge in [-0.05, 0) is 31.2 Å². The zero-order chi connectivity index (χ0) is 13.8. The molecule has 1 N–H and O–H groups in total. The van der Waals surface area contributed by atoms with Crippen molar-refractivity contribution in [1.82, 2.24) is 5.32 Å². The molecule has 1 aromatic carbocycles. The van der Waals surface area contributed by atoms with Gasteiger partial charge in [-0.25, -0.2) is 4.39 Å². The third-order valence-electron chi connectivity index (χ3n) is 3.78. The molecule has 1 aliphatic heterocycles. The average Bonchev–Trinajstić information content (AvgIpc) is 2.40. The maximum Gasteiger partial charge on any atom is 0.146 e. The molecule has 0 amide bonds. The minimum atomic E-state index is -0.0960. The first-order chi connectivity index (χ1) is 9.13. The van der Waals surface area contributed by atoms with Crippen LogP contribution < -0.4 is 10.2 Å². The summed E-state index contributed by atoms with van der Waals surface area (Å²) >= 11 is 1.97. The van der Waals surface area contributed by atoms with E-state index in [0.29, 0.717) is 11.3 Å². The fraction of sp³-hybridized carbons (Fsp3) is 0.600. The van der Waals surface area contributed by atoms with Crippen molar-refractivity contribution in [3.05, 3.63) is 29.6 Å². The van der Waals surface area contributed by atoms with Gasteiger partial charge in [0.1, 0.15) is 5.82 Å². The number of hydrogen-bond acceptors (Lipinski definition) is 3. The number of nitrogens with one attached hydrogen (secondary N) is 1. The van der Waals surface area contributed by atoms with Crippen LogP contribution in [-0.4, -0.2) is 30.1 Å². The fourth-order valence-electron chi connectivity index (χ4n) is 2.44. The van der Waals surface area contributed by atoms with Crippen molar-refractivity contribution < 1.29 is 4.39 Å². The van der Waals surface area contributed by atoms with Gasteiger partial charge in [0.05, 0.1) is 5.69 Å². The molecule has 2 rings (SSSR count). The predicted octanol–water partition coefficient (Wildman–Crippen LogP) is 3.27. The van der Waals surface area contributed by atoms with Crippen molar-refractivity contribution in [1.29, 1.82) is 0 Å². The monoisotopic (exact) mass is 282 g/mol. The van der Waals surface area contributed by atoms with E-state index in [-0.39, 0.29) is 5.82 Å². The van der Waals surface area contributed by atoms with Gasteiger partial charge in [0.25, 0.3) is 0 Å². The molecule has 0 radical (unpaired) electrons. The summed E-state index contributed by atoms with van der Waals surface area (Å²) in [6, 6.07) is 6.01. The van der Waals surface area contributed by atoms with Gasteiger partial charge >= 0.3 is 0 Å². The molecule has 1 heterocycles. The third kappa shape index (κ3) is 3.42. The second-order valence-electron chi connectivity index (χ2n) is 5.08. The Bertz CT molecular complexity index is 425. The van der Waals surface area contributed by atoms with E-state index in [1.54, 1.807) is 6.07 Å². The van der Waals surface area contributed by atoms with Crippen molar-refractivity contribution in [3.8, 4) is 0 Å². The van der Waals surface area contributed by atoms with Gasteiger partial charge in [0.2, 0.25) is 0 Å². The second kappa shape index (κ2) is 6.62. The van der Waals surface area contributed by atoms with Crippen LogP contribution in [0.3, 0.4) is 0 Å². The molecule has 0 bridgehead atoms. The maximum absolute atomic E-state index is 14.3. The lowest BCUT2D eigenvalue weighted by Gasteiger charge is -2.39. The van der Waals surface area contributed by atoms with Gasteiger partial charge in [0.15, 0.2) is 0 Å². The van der Waals surface area contributed by atoms with Gasteiger partial charge in [-0.15, -0.1) is 0 Å². The summed E-state index contributed by atoms with van der Waals surface area (Å²) < 4.78 is 14.3. The highest BCUT2D eigenvalue weighted by molar-refractivity contribution is 8.00. The van der Waals surface area contributed by atoms with Crippen LogP contribution in [0.2, 0.25) is 0 Å². The fourth-order valence-corrected chi connectivity index (χ4v) is 3.54. The number of hydrogen-bond donors (Lipinski definition) is 1. The molecule has 2 nitrogen and oxygen atoms in total. The first kappa shape index (κ1) is 14.7. The molecule has 2 atom stereocenters. The van der Waals surface area contributed by atoms with Crippen LogP contribution in [0, 0.1) is 5.82 Å². The Kier molecular flexibility index (Phi) is 5.11. The summed E-state index contributed by atoms with van der Waals surface area (Å²) in [4.78, 5) is 2.20. The molecule has 4 heteroatoms. The van der Waals surface area contributed by atoms with E-state index in [9.17, 15) is 4.39 Å². The highest BCUT2D eigenvalue weighted by atomic mass is 32.2.